The van der Waals surface area contributed by atoms with Gasteiger partial charge in [-0.05, 0) is 58.7 Å². The molecule has 0 saturated carbocycles. The zero-order valence-corrected chi connectivity index (χ0v) is 19.4. The van der Waals surface area contributed by atoms with E-state index < -0.39 is 0 Å². The van der Waals surface area contributed by atoms with Gasteiger partial charge in [-0.25, -0.2) is 4.98 Å². The quantitative estimate of drug-likeness (QED) is 0.451. The first kappa shape index (κ1) is 23.3. The van der Waals surface area contributed by atoms with Crippen molar-refractivity contribution in [3.63, 3.8) is 0 Å². The highest BCUT2D eigenvalue weighted by molar-refractivity contribution is 5.80. The molecule has 8 heteroatoms. The van der Waals surface area contributed by atoms with Gasteiger partial charge in [0.05, 0.1) is 5.92 Å². The maximum Gasteiger partial charge on any atom is 0.222 e. The molecule has 3 rings (SSSR count). The molecule has 3 heterocycles. The summed E-state index contributed by atoms with van der Waals surface area (Å²) in [4.78, 5) is 25.5. The zero-order valence-electron chi connectivity index (χ0n) is 19.4. The van der Waals surface area contributed by atoms with Crippen LogP contribution < -0.4 is 21.3 Å². The van der Waals surface area contributed by atoms with Gasteiger partial charge in [-0.15, -0.1) is 0 Å². The van der Waals surface area contributed by atoms with Crippen LogP contribution in [0.25, 0.3) is 0 Å². The van der Waals surface area contributed by atoms with Gasteiger partial charge in [0.15, 0.2) is 5.96 Å². The number of anilines is 1. The van der Waals surface area contributed by atoms with Gasteiger partial charge >= 0.3 is 0 Å². The van der Waals surface area contributed by atoms with Gasteiger partial charge in [-0.1, -0.05) is 12.5 Å². The molecule has 2 saturated heterocycles. The molecule has 2 aliphatic heterocycles. The van der Waals surface area contributed by atoms with E-state index >= 15 is 0 Å². The molecule has 4 N–H and O–H groups in total. The van der Waals surface area contributed by atoms with Crippen molar-refractivity contribution in [3.8, 4) is 0 Å². The molecule has 1 unspecified atom stereocenters. The van der Waals surface area contributed by atoms with Crippen LogP contribution in [0, 0.1) is 5.92 Å². The van der Waals surface area contributed by atoms with Crippen molar-refractivity contribution in [1.82, 2.24) is 20.5 Å². The molecule has 172 valence electrons. The lowest BCUT2D eigenvalue weighted by Crippen LogP contribution is -2.54. The molecule has 1 aromatic heterocycles. The molecule has 1 atom stereocenters. The minimum absolute atomic E-state index is 0.0784. The van der Waals surface area contributed by atoms with E-state index in [1.807, 2.05) is 6.07 Å². The van der Waals surface area contributed by atoms with Crippen molar-refractivity contribution in [2.45, 2.75) is 58.0 Å². The number of carbonyl (C=O) groups is 1. The number of aromatic nitrogens is 1. The lowest BCUT2D eigenvalue weighted by Gasteiger charge is -2.41. The van der Waals surface area contributed by atoms with Crippen molar-refractivity contribution < 1.29 is 4.79 Å². The van der Waals surface area contributed by atoms with E-state index in [0.29, 0.717) is 13.1 Å². The summed E-state index contributed by atoms with van der Waals surface area (Å²) < 4.78 is 0. The number of pyridine rings is 1. The third-order valence-corrected chi connectivity index (χ3v) is 6.56. The topological polar surface area (TPSA) is 98.9 Å². The highest BCUT2D eigenvalue weighted by Crippen LogP contribution is 2.24. The molecular weight excluding hydrogens is 390 g/mol. The normalized spacial score (nSPS) is 21.1. The Morgan fingerprint density at radius 2 is 2.00 bits per heavy atom. The van der Waals surface area contributed by atoms with Crippen molar-refractivity contribution >= 4 is 17.7 Å². The Bertz CT molecular complexity index is 758. The average molecular weight is 430 g/mol. The lowest BCUT2D eigenvalue weighted by atomic mass is 9.97. The second kappa shape index (κ2) is 10.8. The van der Waals surface area contributed by atoms with Crippen molar-refractivity contribution in [2.75, 3.05) is 44.7 Å². The molecule has 31 heavy (non-hydrogen) atoms. The summed E-state index contributed by atoms with van der Waals surface area (Å²) in [5.74, 6) is 1.38. The predicted octanol–water partition coefficient (Wildman–Crippen LogP) is 1.71. The fourth-order valence-corrected chi connectivity index (χ4v) is 4.57. The summed E-state index contributed by atoms with van der Waals surface area (Å²) in [6.45, 7) is 9.90. The first-order valence-corrected chi connectivity index (χ1v) is 11.6. The first-order chi connectivity index (χ1) is 14.9. The Balaban J connectivity index is 1.58. The summed E-state index contributed by atoms with van der Waals surface area (Å²) in [6.07, 6.45) is 7.52. The SMILES string of the molecule is CN=C(NCc1cccnc1N1CCCC(C(N)=O)C1)NCC(C)(C)N1CCCCC1. The number of likely N-dealkylation sites (tertiary alicyclic amines) is 1. The van der Waals surface area contributed by atoms with Crippen LogP contribution in [0.4, 0.5) is 5.82 Å². The standard InChI is InChI=1S/C23H39N7O/c1-23(2,30-13-5-4-6-14-30)17-28-22(25-3)27-15-18-9-7-11-26-21(18)29-12-8-10-19(16-29)20(24)31/h7,9,11,19H,4-6,8,10,12-17H2,1-3H3,(H2,24,31)(H2,25,27,28). The second-order valence-electron chi connectivity index (χ2n) is 9.31. The highest BCUT2D eigenvalue weighted by atomic mass is 16.1. The van der Waals surface area contributed by atoms with Gasteiger partial charge in [0, 0.05) is 50.5 Å². The number of nitrogens with one attached hydrogen (secondary N) is 2. The zero-order chi connectivity index (χ0) is 22.3. The van der Waals surface area contributed by atoms with E-state index in [9.17, 15) is 4.79 Å². The monoisotopic (exact) mass is 429 g/mol. The molecule has 0 aromatic carbocycles. The number of nitrogens with two attached hydrogens (primary N) is 1. The maximum absolute atomic E-state index is 11.7. The minimum Gasteiger partial charge on any atom is -0.369 e. The number of aliphatic imine (C=N–C) groups is 1. The van der Waals surface area contributed by atoms with Gasteiger partial charge in [0.2, 0.25) is 5.91 Å². The summed E-state index contributed by atoms with van der Waals surface area (Å²) in [5.41, 5.74) is 6.73. The number of carbonyl (C=O) groups excluding carboxylic acids is 1. The van der Waals surface area contributed by atoms with Gasteiger partial charge in [-0.2, -0.15) is 0 Å². The predicted molar refractivity (Wildman–Crippen MR) is 126 cm³/mol. The van der Waals surface area contributed by atoms with E-state index in [0.717, 1.165) is 43.3 Å². The second-order valence-corrected chi connectivity index (χ2v) is 9.31. The molecule has 2 fully saturated rings. The van der Waals surface area contributed by atoms with E-state index in [1.54, 1.807) is 13.2 Å². The van der Waals surface area contributed by atoms with Gasteiger partial charge in [-0.3, -0.25) is 14.7 Å². The summed E-state index contributed by atoms with van der Waals surface area (Å²) >= 11 is 0. The fourth-order valence-electron chi connectivity index (χ4n) is 4.57. The maximum atomic E-state index is 11.7. The third kappa shape index (κ3) is 6.32. The van der Waals surface area contributed by atoms with Crippen LogP contribution in [0.1, 0.15) is 51.5 Å². The summed E-state index contributed by atoms with van der Waals surface area (Å²) in [6, 6.07) is 4.03. The molecule has 8 nitrogen and oxygen atoms in total. The molecular formula is C23H39N7O. The Morgan fingerprint density at radius 3 is 2.71 bits per heavy atom. The molecule has 0 spiro atoms. The fraction of sp³-hybridized carbons (Fsp3) is 0.696. The molecule has 0 aliphatic carbocycles. The van der Waals surface area contributed by atoms with Crippen LogP contribution in [0.3, 0.4) is 0 Å². The molecule has 0 radical (unpaired) electrons. The lowest BCUT2D eigenvalue weighted by molar-refractivity contribution is -0.122. The van der Waals surface area contributed by atoms with E-state index in [-0.39, 0.29) is 17.4 Å². The number of amides is 1. The average Bonchev–Trinajstić information content (AvgIpc) is 2.80. The number of piperidine rings is 2. The van der Waals surface area contributed by atoms with Crippen molar-refractivity contribution in [3.05, 3.63) is 23.9 Å². The van der Waals surface area contributed by atoms with Gasteiger partial charge < -0.3 is 21.3 Å². The van der Waals surface area contributed by atoms with Gasteiger partial charge in [0.1, 0.15) is 5.82 Å². The Hall–Kier alpha value is -2.35. The third-order valence-electron chi connectivity index (χ3n) is 6.56. The molecule has 1 amide bonds. The van der Waals surface area contributed by atoms with Crippen molar-refractivity contribution in [1.29, 1.82) is 0 Å². The minimum atomic E-state index is -0.221. The Labute approximate surface area is 186 Å². The van der Waals surface area contributed by atoms with Crippen LogP contribution >= 0.6 is 0 Å². The van der Waals surface area contributed by atoms with E-state index in [2.05, 4.69) is 50.3 Å². The van der Waals surface area contributed by atoms with Crippen LogP contribution in [-0.2, 0) is 11.3 Å². The smallest absolute Gasteiger partial charge is 0.222 e. The highest BCUT2D eigenvalue weighted by Gasteiger charge is 2.28. The largest absolute Gasteiger partial charge is 0.369 e. The van der Waals surface area contributed by atoms with E-state index in [1.165, 1.54) is 32.4 Å². The van der Waals surface area contributed by atoms with E-state index in [4.69, 9.17) is 5.73 Å². The number of hydrogen-bond acceptors (Lipinski definition) is 5. The van der Waals surface area contributed by atoms with Crippen LogP contribution in [0.5, 0.6) is 0 Å². The number of guanidine groups is 1. The van der Waals surface area contributed by atoms with Crippen LogP contribution in [-0.4, -0.2) is 67.1 Å². The number of nitrogens with zero attached hydrogens (tertiary/aromatic N) is 4. The Kier molecular flexibility index (Phi) is 8.12. The number of rotatable bonds is 7. The van der Waals surface area contributed by atoms with Crippen LogP contribution in [0.15, 0.2) is 23.3 Å². The number of hydrogen-bond donors (Lipinski definition) is 3. The first-order valence-electron chi connectivity index (χ1n) is 11.6. The summed E-state index contributed by atoms with van der Waals surface area (Å²) in [7, 11) is 1.80. The van der Waals surface area contributed by atoms with Crippen molar-refractivity contribution in [2.24, 2.45) is 16.6 Å². The van der Waals surface area contributed by atoms with Crippen LogP contribution in [0.2, 0.25) is 0 Å². The number of primary amides is 1. The Morgan fingerprint density at radius 1 is 1.23 bits per heavy atom. The molecule has 2 aliphatic rings. The molecule has 0 bridgehead atoms. The summed E-state index contributed by atoms with van der Waals surface area (Å²) in [5, 5.41) is 6.94. The van der Waals surface area contributed by atoms with Gasteiger partial charge in [0.25, 0.3) is 0 Å². The molecule has 1 aromatic rings.